The molecular weight excluding hydrogens is 460 g/mol. The van der Waals surface area contributed by atoms with Gasteiger partial charge in [0.2, 0.25) is 6.35 Å². The van der Waals surface area contributed by atoms with Crippen LogP contribution in [-0.2, 0) is 6.42 Å². The summed E-state index contributed by atoms with van der Waals surface area (Å²) in [7, 11) is 0. The SMILES string of the molecule is CC(C)CN1c2ccc(C(=O)NC[C@@H](O)[C@H](Cc3ccccc3)NC(=O)O)cc2OC1N1CCCC1. The lowest BCUT2D eigenvalue weighted by Gasteiger charge is -2.32. The van der Waals surface area contributed by atoms with Gasteiger partial charge in [-0.2, -0.15) is 0 Å². The van der Waals surface area contributed by atoms with E-state index in [0.29, 0.717) is 23.7 Å². The largest absolute Gasteiger partial charge is 0.465 e. The first kappa shape index (κ1) is 25.8. The molecule has 0 saturated carbocycles. The van der Waals surface area contributed by atoms with E-state index in [0.717, 1.165) is 43.7 Å². The van der Waals surface area contributed by atoms with Crippen LogP contribution in [0.5, 0.6) is 5.75 Å². The number of anilines is 1. The van der Waals surface area contributed by atoms with Crippen molar-refractivity contribution in [2.75, 3.05) is 31.1 Å². The molecule has 2 aromatic carbocycles. The van der Waals surface area contributed by atoms with E-state index < -0.39 is 18.2 Å². The van der Waals surface area contributed by atoms with Crippen LogP contribution in [0.25, 0.3) is 0 Å². The van der Waals surface area contributed by atoms with Crippen molar-refractivity contribution in [2.45, 2.75) is 51.6 Å². The van der Waals surface area contributed by atoms with Gasteiger partial charge in [0.25, 0.3) is 5.91 Å². The maximum Gasteiger partial charge on any atom is 0.404 e. The number of nitrogens with zero attached hydrogens (tertiary/aromatic N) is 2. The van der Waals surface area contributed by atoms with Gasteiger partial charge in [0.1, 0.15) is 5.75 Å². The Hall–Kier alpha value is -3.30. The molecule has 0 bridgehead atoms. The van der Waals surface area contributed by atoms with Crippen molar-refractivity contribution in [3.8, 4) is 5.75 Å². The lowest BCUT2D eigenvalue weighted by Crippen LogP contribution is -2.49. The van der Waals surface area contributed by atoms with Crippen LogP contribution < -0.4 is 20.3 Å². The van der Waals surface area contributed by atoms with Crippen molar-refractivity contribution in [3.63, 3.8) is 0 Å². The number of hydrogen-bond donors (Lipinski definition) is 4. The number of fused-ring (bicyclic) bond motifs is 1. The molecular formula is C27H36N4O5. The van der Waals surface area contributed by atoms with Crippen LogP contribution in [0.1, 0.15) is 42.6 Å². The number of carboxylic acid groups (broad SMARTS) is 1. The second kappa shape index (κ2) is 11.6. The molecule has 0 aromatic heterocycles. The number of benzene rings is 2. The molecule has 3 atom stereocenters. The number of carbonyl (C=O) groups excluding carboxylic acids is 1. The Morgan fingerprint density at radius 2 is 1.83 bits per heavy atom. The van der Waals surface area contributed by atoms with Gasteiger partial charge in [-0.1, -0.05) is 44.2 Å². The van der Waals surface area contributed by atoms with Crippen molar-refractivity contribution >= 4 is 17.7 Å². The highest BCUT2D eigenvalue weighted by Gasteiger charge is 2.37. The summed E-state index contributed by atoms with van der Waals surface area (Å²) < 4.78 is 6.32. The second-order valence-electron chi connectivity index (χ2n) is 9.94. The van der Waals surface area contributed by atoms with Gasteiger partial charge in [0, 0.05) is 31.7 Å². The summed E-state index contributed by atoms with van der Waals surface area (Å²) >= 11 is 0. The van der Waals surface area contributed by atoms with Gasteiger partial charge in [-0.25, -0.2) is 4.79 Å². The van der Waals surface area contributed by atoms with Gasteiger partial charge in [-0.15, -0.1) is 0 Å². The summed E-state index contributed by atoms with van der Waals surface area (Å²) in [5, 5.41) is 25.0. The Balaban J connectivity index is 1.41. The minimum absolute atomic E-state index is 0.0928. The highest BCUT2D eigenvalue weighted by molar-refractivity contribution is 5.95. The number of nitrogens with one attached hydrogen (secondary N) is 2. The highest BCUT2D eigenvalue weighted by Crippen LogP contribution is 2.40. The molecule has 2 heterocycles. The third-order valence-corrected chi connectivity index (χ3v) is 6.59. The Morgan fingerprint density at radius 3 is 2.50 bits per heavy atom. The predicted octanol–water partition coefficient (Wildman–Crippen LogP) is 2.89. The van der Waals surface area contributed by atoms with E-state index in [-0.39, 0.29) is 18.8 Å². The molecule has 2 amide bonds. The maximum absolute atomic E-state index is 12.9. The fourth-order valence-corrected chi connectivity index (χ4v) is 4.85. The number of ether oxygens (including phenoxy) is 1. The van der Waals surface area contributed by atoms with Gasteiger partial charge in [0.05, 0.1) is 17.8 Å². The molecule has 0 radical (unpaired) electrons. The standard InChI is InChI=1S/C27H36N4O5/c1-18(2)17-31-22-11-10-20(15-24(22)36-27(31)30-12-6-7-13-30)25(33)28-16-23(32)21(29-26(34)35)14-19-8-4-3-5-9-19/h3-5,8-11,15,18,21,23,27,29,32H,6-7,12-14,16-17H2,1-2H3,(H,28,33)(H,34,35)/t21-,23+,27?/m0/s1. The van der Waals surface area contributed by atoms with Crippen LogP contribution in [0.15, 0.2) is 48.5 Å². The molecule has 2 aliphatic rings. The van der Waals surface area contributed by atoms with Crippen LogP contribution >= 0.6 is 0 Å². The van der Waals surface area contributed by atoms with Crippen LogP contribution in [0, 0.1) is 5.92 Å². The van der Waals surface area contributed by atoms with E-state index in [4.69, 9.17) is 4.74 Å². The Bertz CT molecular complexity index is 1040. The van der Waals surface area contributed by atoms with Crippen molar-refractivity contribution in [2.24, 2.45) is 5.92 Å². The molecule has 1 unspecified atom stereocenters. The number of aliphatic hydroxyl groups is 1. The number of likely N-dealkylation sites (tertiary alicyclic amines) is 1. The molecule has 4 N–H and O–H groups in total. The smallest absolute Gasteiger partial charge is 0.404 e. The zero-order valence-corrected chi connectivity index (χ0v) is 20.9. The minimum Gasteiger partial charge on any atom is -0.465 e. The number of hydrogen-bond acceptors (Lipinski definition) is 6. The first-order valence-electron chi connectivity index (χ1n) is 12.6. The summed E-state index contributed by atoms with van der Waals surface area (Å²) in [6.07, 6.45) is 0.131. The minimum atomic E-state index is -1.23. The summed E-state index contributed by atoms with van der Waals surface area (Å²) in [5.41, 5.74) is 2.29. The van der Waals surface area contributed by atoms with Crippen LogP contribution in [-0.4, -0.2) is 71.8 Å². The molecule has 9 heteroatoms. The van der Waals surface area contributed by atoms with Gasteiger partial charge >= 0.3 is 6.09 Å². The Kier molecular flexibility index (Phi) is 8.32. The molecule has 0 spiro atoms. The fourth-order valence-electron chi connectivity index (χ4n) is 4.85. The highest BCUT2D eigenvalue weighted by atomic mass is 16.5. The molecule has 1 fully saturated rings. The summed E-state index contributed by atoms with van der Waals surface area (Å²) in [6, 6.07) is 14.0. The molecule has 194 valence electrons. The van der Waals surface area contributed by atoms with Gasteiger partial charge in [0.15, 0.2) is 0 Å². The summed E-state index contributed by atoms with van der Waals surface area (Å²) in [4.78, 5) is 28.8. The zero-order valence-electron chi connectivity index (χ0n) is 20.9. The lowest BCUT2D eigenvalue weighted by atomic mass is 10.0. The van der Waals surface area contributed by atoms with E-state index in [2.05, 4.69) is 34.3 Å². The molecule has 1 saturated heterocycles. The van der Waals surface area contributed by atoms with Gasteiger partial charge < -0.3 is 30.5 Å². The zero-order chi connectivity index (χ0) is 25.7. The van der Waals surface area contributed by atoms with E-state index in [9.17, 15) is 19.8 Å². The molecule has 4 rings (SSSR count). The van der Waals surface area contributed by atoms with E-state index in [1.54, 1.807) is 12.1 Å². The van der Waals surface area contributed by atoms with Gasteiger partial charge in [-0.05, 0) is 48.9 Å². The lowest BCUT2D eigenvalue weighted by molar-refractivity contribution is 0.0558. The topological polar surface area (TPSA) is 114 Å². The van der Waals surface area contributed by atoms with Crippen molar-refractivity contribution < 1.29 is 24.5 Å². The third kappa shape index (κ3) is 6.27. The molecule has 36 heavy (non-hydrogen) atoms. The number of amides is 2. The first-order chi connectivity index (χ1) is 17.3. The van der Waals surface area contributed by atoms with Crippen molar-refractivity contribution in [1.82, 2.24) is 15.5 Å². The Labute approximate surface area is 212 Å². The summed E-state index contributed by atoms with van der Waals surface area (Å²) in [5.74, 6) is 0.780. The Morgan fingerprint density at radius 1 is 1.11 bits per heavy atom. The third-order valence-electron chi connectivity index (χ3n) is 6.59. The maximum atomic E-state index is 12.9. The van der Waals surface area contributed by atoms with Crippen LogP contribution in [0.4, 0.5) is 10.5 Å². The van der Waals surface area contributed by atoms with E-state index in [1.807, 2.05) is 36.4 Å². The molecule has 2 aliphatic heterocycles. The first-order valence-corrected chi connectivity index (χ1v) is 12.6. The number of rotatable bonds is 10. The predicted molar refractivity (Wildman–Crippen MR) is 137 cm³/mol. The molecule has 2 aromatic rings. The van der Waals surface area contributed by atoms with Gasteiger partial charge in [-0.3, -0.25) is 9.69 Å². The molecule has 9 nitrogen and oxygen atoms in total. The monoisotopic (exact) mass is 496 g/mol. The summed E-state index contributed by atoms with van der Waals surface area (Å²) in [6.45, 7) is 7.10. The average molecular weight is 497 g/mol. The van der Waals surface area contributed by atoms with Crippen LogP contribution in [0.2, 0.25) is 0 Å². The normalized spacial score (nSPS) is 19.0. The van der Waals surface area contributed by atoms with Crippen molar-refractivity contribution in [3.05, 3.63) is 59.7 Å². The number of carbonyl (C=O) groups is 2. The van der Waals surface area contributed by atoms with Crippen molar-refractivity contribution in [1.29, 1.82) is 0 Å². The fraction of sp³-hybridized carbons (Fsp3) is 0.481. The van der Waals surface area contributed by atoms with E-state index >= 15 is 0 Å². The second-order valence-corrected chi connectivity index (χ2v) is 9.94. The number of aliphatic hydroxyl groups excluding tert-OH is 1. The average Bonchev–Trinajstić information content (AvgIpc) is 3.50. The quantitative estimate of drug-likeness (QED) is 0.400. The van der Waals surface area contributed by atoms with E-state index in [1.165, 1.54) is 0 Å². The van der Waals surface area contributed by atoms with Crippen LogP contribution in [0.3, 0.4) is 0 Å². The molecule has 0 aliphatic carbocycles.